The number of aromatic nitrogens is 2. The van der Waals surface area contributed by atoms with E-state index in [9.17, 15) is 0 Å². The number of hydrogen-bond donors (Lipinski definition) is 1. The lowest BCUT2D eigenvalue weighted by Crippen LogP contribution is -2.05. The molecule has 0 spiro atoms. The molecule has 0 saturated heterocycles. The Morgan fingerprint density at radius 1 is 1.50 bits per heavy atom. The Hall–Kier alpha value is -2.12. The maximum atomic E-state index is 8.92. The third-order valence-electron chi connectivity index (χ3n) is 2.46. The predicted octanol–water partition coefficient (Wildman–Crippen LogP) is 1.51. The molecule has 0 aliphatic rings. The Balaban J connectivity index is 2.61. The maximum absolute atomic E-state index is 8.92. The highest BCUT2D eigenvalue weighted by molar-refractivity contribution is 5.45. The van der Waals surface area contributed by atoms with Gasteiger partial charge in [0.05, 0.1) is 5.69 Å². The average Bonchev–Trinajstić information content (AvgIpc) is 2.76. The van der Waals surface area contributed by atoms with Crippen LogP contribution >= 0.6 is 0 Å². The standard InChI is InChI=1S/C12H12N4/c1-9-2-3-11(10(6-9)7-13)16-5-4-15-12(16)8-14/h2-6H,7,13H2,1H3. The molecule has 1 aromatic carbocycles. The number of imidazole rings is 1. The van der Waals surface area contributed by atoms with Crippen LogP contribution in [-0.4, -0.2) is 9.55 Å². The second kappa shape index (κ2) is 4.17. The Morgan fingerprint density at radius 2 is 2.31 bits per heavy atom. The van der Waals surface area contributed by atoms with Gasteiger partial charge in [0, 0.05) is 18.9 Å². The molecule has 0 fully saturated rings. The molecule has 0 unspecified atom stereocenters. The van der Waals surface area contributed by atoms with Crippen molar-refractivity contribution in [2.24, 2.45) is 5.73 Å². The van der Waals surface area contributed by atoms with E-state index in [1.54, 1.807) is 17.0 Å². The zero-order chi connectivity index (χ0) is 11.5. The molecule has 0 radical (unpaired) electrons. The Kier molecular flexibility index (Phi) is 2.71. The van der Waals surface area contributed by atoms with Crippen LogP contribution in [0.5, 0.6) is 0 Å². The molecule has 0 aliphatic carbocycles. The number of aryl methyl sites for hydroxylation is 1. The van der Waals surface area contributed by atoms with Gasteiger partial charge in [0.15, 0.2) is 0 Å². The molecule has 0 saturated carbocycles. The zero-order valence-electron chi connectivity index (χ0n) is 9.01. The van der Waals surface area contributed by atoms with Gasteiger partial charge in [-0.1, -0.05) is 17.7 Å². The van der Waals surface area contributed by atoms with Crippen LogP contribution in [0.1, 0.15) is 17.0 Å². The van der Waals surface area contributed by atoms with Crippen molar-refractivity contribution in [3.63, 3.8) is 0 Å². The number of nitrogens with two attached hydrogens (primary N) is 1. The molecule has 16 heavy (non-hydrogen) atoms. The Morgan fingerprint density at radius 3 is 3.00 bits per heavy atom. The molecule has 0 amide bonds. The maximum Gasteiger partial charge on any atom is 0.217 e. The summed E-state index contributed by atoms with van der Waals surface area (Å²) < 4.78 is 1.75. The van der Waals surface area contributed by atoms with E-state index in [2.05, 4.69) is 11.1 Å². The molecule has 4 nitrogen and oxygen atoms in total. The van der Waals surface area contributed by atoms with Gasteiger partial charge in [0.25, 0.3) is 0 Å². The summed E-state index contributed by atoms with van der Waals surface area (Å²) in [5.41, 5.74) is 8.78. The van der Waals surface area contributed by atoms with Crippen molar-refractivity contribution in [2.75, 3.05) is 0 Å². The molecular formula is C12H12N4. The van der Waals surface area contributed by atoms with E-state index in [0.29, 0.717) is 12.4 Å². The van der Waals surface area contributed by atoms with E-state index < -0.39 is 0 Å². The van der Waals surface area contributed by atoms with Crippen LogP contribution in [0.2, 0.25) is 0 Å². The van der Waals surface area contributed by atoms with Crippen molar-refractivity contribution in [2.45, 2.75) is 13.5 Å². The van der Waals surface area contributed by atoms with Crippen molar-refractivity contribution < 1.29 is 0 Å². The minimum absolute atomic E-state index is 0.374. The van der Waals surface area contributed by atoms with Crippen LogP contribution < -0.4 is 5.73 Å². The summed E-state index contributed by atoms with van der Waals surface area (Å²) in [4.78, 5) is 3.97. The van der Waals surface area contributed by atoms with Crippen molar-refractivity contribution in [3.8, 4) is 11.8 Å². The van der Waals surface area contributed by atoms with E-state index in [-0.39, 0.29) is 0 Å². The van der Waals surface area contributed by atoms with Gasteiger partial charge in [-0.3, -0.25) is 4.57 Å². The highest BCUT2D eigenvalue weighted by Gasteiger charge is 2.07. The average molecular weight is 212 g/mol. The highest BCUT2D eigenvalue weighted by atomic mass is 15.1. The van der Waals surface area contributed by atoms with Crippen LogP contribution in [0.15, 0.2) is 30.6 Å². The van der Waals surface area contributed by atoms with Crippen molar-refractivity contribution in [1.29, 1.82) is 5.26 Å². The summed E-state index contributed by atoms with van der Waals surface area (Å²) in [6, 6.07) is 8.03. The molecule has 4 heteroatoms. The lowest BCUT2D eigenvalue weighted by Gasteiger charge is -2.10. The third kappa shape index (κ3) is 1.69. The van der Waals surface area contributed by atoms with Gasteiger partial charge < -0.3 is 5.73 Å². The normalized spacial score (nSPS) is 10.1. The van der Waals surface area contributed by atoms with Crippen molar-refractivity contribution >= 4 is 0 Å². The summed E-state index contributed by atoms with van der Waals surface area (Å²) >= 11 is 0. The lowest BCUT2D eigenvalue weighted by molar-refractivity contribution is 0.962. The summed E-state index contributed by atoms with van der Waals surface area (Å²) in [5.74, 6) is 0.374. The SMILES string of the molecule is Cc1ccc(-n2ccnc2C#N)c(CN)c1. The molecular weight excluding hydrogens is 200 g/mol. The topological polar surface area (TPSA) is 67.6 Å². The Labute approximate surface area is 94.0 Å². The van der Waals surface area contributed by atoms with Gasteiger partial charge in [-0.25, -0.2) is 4.98 Å². The predicted molar refractivity (Wildman–Crippen MR) is 60.9 cm³/mol. The second-order valence-corrected chi connectivity index (χ2v) is 3.57. The largest absolute Gasteiger partial charge is 0.326 e. The quantitative estimate of drug-likeness (QED) is 0.820. The summed E-state index contributed by atoms with van der Waals surface area (Å²) in [6.07, 6.45) is 3.38. The van der Waals surface area contributed by atoms with E-state index in [1.807, 2.05) is 25.1 Å². The monoisotopic (exact) mass is 212 g/mol. The van der Waals surface area contributed by atoms with Crippen LogP contribution in [0.4, 0.5) is 0 Å². The van der Waals surface area contributed by atoms with E-state index >= 15 is 0 Å². The van der Waals surface area contributed by atoms with Crippen LogP contribution in [0, 0.1) is 18.3 Å². The van der Waals surface area contributed by atoms with Gasteiger partial charge in [-0.2, -0.15) is 5.26 Å². The molecule has 1 aromatic heterocycles. The van der Waals surface area contributed by atoms with Crippen molar-refractivity contribution in [3.05, 3.63) is 47.5 Å². The second-order valence-electron chi connectivity index (χ2n) is 3.57. The van der Waals surface area contributed by atoms with E-state index in [0.717, 1.165) is 16.8 Å². The fraction of sp³-hybridized carbons (Fsp3) is 0.167. The molecule has 0 aliphatic heterocycles. The first-order valence-corrected chi connectivity index (χ1v) is 4.99. The third-order valence-corrected chi connectivity index (χ3v) is 2.46. The fourth-order valence-electron chi connectivity index (χ4n) is 1.69. The van der Waals surface area contributed by atoms with Gasteiger partial charge in [0.1, 0.15) is 6.07 Å². The molecule has 1 heterocycles. The van der Waals surface area contributed by atoms with Crippen molar-refractivity contribution in [1.82, 2.24) is 9.55 Å². The van der Waals surface area contributed by atoms with Gasteiger partial charge in [0.2, 0.25) is 5.82 Å². The lowest BCUT2D eigenvalue weighted by atomic mass is 10.1. The fourth-order valence-corrected chi connectivity index (χ4v) is 1.69. The molecule has 2 N–H and O–H groups in total. The number of nitrogens with zero attached hydrogens (tertiary/aromatic N) is 3. The summed E-state index contributed by atoms with van der Waals surface area (Å²) in [5, 5.41) is 8.92. The first-order chi connectivity index (χ1) is 7.76. The summed E-state index contributed by atoms with van der Waals surface area (Å²) in [6.45, 7) is 2.46. The van der Waals surface area contributed by atoms with Crippen LogP contribution in [0.3, 0.4) is 0 Å². The minimum atomic E-state index is 0.374. The van der Waals surface area contributed by atoms with Gasteiger partial charge in [-0.05, 0) is 18.6 Å². The van der Waals surface area contributed by atoms with E-state index in [1.165, 1.54) is 0 Å². The number of hydrogen-bond acceptors (Lipinski definition) is 3. The van der Waals surface area contributed by atoms with Gasteiger partial charge >= 0.3 is 0 Å². The minimum Gasteiger partial charge on any atom is -0.326 e. The number of rotatable bonds is 2. The number of benzene rings is 1. The Bertz CT molecular complexity index is 548. The smallest absolute Gasteiger partial charge is 0.217 e. The first-order valence-electron chi connectivity index (χ1n) is 4.99. The highest BCUT2D eigenvalue weighted by Crippen LogP contribution is 2.17. The molecule has 80 valence electrons. The van der Waals surface area contributed by atoms with Crippen LogP contribution in [0.25, 0.3) is 5.69 Å². The van der Waals surface area contributed by atoms with Crippen LogP contribution in [-0.2, 0) is 6.54 Å². The first kappa shape index (κ1) is 10.4. The number of nitriles is 1. The summed E-state index contributed by atoms with van der Waals surface area (Å²) in [7, 11) is 0. The molecule has 2 rings (SSSR count). The van der Waals surface area contributed by atoms with Gasteiger partial charge in [-0.15, -0.1) is 0 Å². The molecule has 0 bridgehead atoms. The molecule has 0 atom stereocenters. The molecule has 2 aromatic rings. The van der Waals surface area contributed by atoms with E-state index in [4.69, 9.17) is 11.0 Å². The zero-order valence-corrected chi connectivity index (χ0v) is 9.01.